The van der Waals surface area contributed by atoms with Crippen LogP contribution in [0.4, 0.5) is 0 Å². The van der Waals surface area contributed by atoms with Crippen LogP contribution in [0, 0.1) is 5.92 Å². The predicted molar refractivity (Wildman–Crippen MR) is 90.8 cm³/mol. The van der Waals surface area contributed by atoms with Gasteiger partial charge in [-0.3, -0.25) is 15.6 Å². The quantitative estimate of drug-likeness (QED) is 0.842. The topological polar surface area (TPSA) is 87.5 Å². The number of nitrogens with one attached hydrogen (secondary N) is 2. The number of carbonyl (C=O) groups excluding carboxylic acids is 1. The van der Waals surface area contributed by atoms with E-state index in [1.54, 1.807) is 0 Å². The van der Waals surface area contributed by atoms with Gasteiger partial charge in [0.15, 0.2) is 11.5 Å². The van der Waals surface area contributed by atoms with Crippen molar-refractivity contribution in [2.75, 3.05) is 26.2 Å². The number of hydrogen-bond acceptors (Lipinski definition) is 6. The standard InChI is InChI=1S/C17H23N7O/c25-17(13-9-18-19-10-13)23-7-5-12(6-8-23)16-21-20-15-4-3-14(11-1-2-11)22-24(15)16/h3-4,11-13,18-19H,1-2,5-10H2. The fraction of sp³-hybridized carbons (Fsp3) is 0.647. The third kappa shape index (κ3) is 2.79. The highest BCUT2D eigenvalue weighted by atomic mass is 16.2. The summed E-state index contributed by atoms with van der Waals surface area (Å²) in [6, 6.07) is 4.10. The highest BCUT2D eigenvalue weighted by Crippen LogP contribution is 2.39. The van der Waals surface area contributed by atoms with E-state index in [0.29, 0.717) is 11.8 Å². The van der Waals surface area contributed by atoms with Gasteiger partial charge >= 0.3 is 0 Å². The van der Waals surface area contributed by atoms with E-state index in [4.69, 9.17) is 5.10 Å². The molecule has 3 aliphatic rings. The van der Waals surface area contributed by atoms with E-state index in [-0.39, 0.29) is 11.8 Å². The number of piperidine rings is 1. The van der Waals surface area contributed by atoms with Crippen molar-refractivity contribution in [3.05, 3.63) is 23.7 Å². The Morgan fingerprint density at radius 1 is 1.00 bits per heavy atom. The first-order valence-corrected chi connectivity index (χ1v) is 9.26. The first kappa shape index (κ1) is 15.2. The van der Waals surface area contributed by atoms with Crippen molar-refractivity contribution in [1.29, 1.82) is 0 Å². The molecule has 0 radical (unpaired) electrons. The average Bonchev–Trinajstić information content (AvgIpc) is 3.20. The number of nitrogens with zero attached hydrogens (tertiary/aromatic N) is 5. The van der Waals surface area contributed by atoms with E-state index in [0.717, 1.165) is 56.2 Å². The molecule has 2 N–H and O–H groups in total. The molecule has 1 saturated carbocycles. The van der Waals surface area contributed by atoms with Gasteiger partial charge in [0.2, 0.25) is 5.91 Å². The lowest BCUT2D eigenvalue weighted by atomic mass is 9.95. The van der Waals surface area contributed by atoms with Crippen molar-refractivity contribution in [2.45, 2.75) is 37.5 Å². The summed E-state index contributed by atoms with van der Waals surface area (Å²) >= 11 is 0. The lowest BCUT2D eigenvalue weighted by molar-refractivity contribution is -0.135. The van der Waals surface area contributed by atoms with Gasteiger partial charge in [-0.25, -0.2) is 0 Å². The monoisotopic (exact) mass is 341 g/mol. The SMILES string of the molecule is O=C(C1CNNC1)N1CCC(c2nnc3ccc(C4CC4)nn23)CC1. The molecule has 2 saturated heterocycles. The second kappa shape index (κ2) is 6.03. The summed E-state index contributed by atoms with van der Waals surface area (Å²) in [6.45, 7) is 3.03. The number of hydrazine groups is 1. The minimum absolute atomic E-state index is 0.0632. The van der Waals surface area contributed by atoms with Gasteiger partial charge in [-0.1, -0.05) is 0 Å². The highest BCUT2D eigenvalue weighted by Gasteiger charge is 2.32. The molecule has 5 rings (SSSR count). The number of aromatic nitrogens is 4. The molecular formula is C17H23N7O. The van der Waals surface area contributed by atoms with Crippen molar-refractivity contribution < 1.29 is 4.79 Å². The molecule has 0 bridgehead atoms. The van der Waals surface area contributed by atoms with E-state index in [1.165, 1.54) is 12.8 Å². The van der Waals surface area contributed by atoms with E-state index in [9.17, 15) is 4.79 Å². The van der Waals surface area contributed by atoms with Crippen molar-refractivity contribution >= 4 is 11.6 Å². The molecule has 132 valence electrons. The summed E-state index contributed by atoms with van der Waals surface area (Å²) in [4.78, 5) is 14.5. The summed E-state index contributed by atoms with van der Waals surface area (Å²) in [5, 5.41) is 13.5. The lowest BCUT2D eigenvalue weighted by Gasteiger charge is -2.32. The van der Waals surface area contributed by atoms with Crippen molar-refractivity contribution in [3.63, 3.8) is 0 Å². The summed E-state index contributed by atoms with van der Waals surface area (Å²) in [7, 11) is 0. The molecule has 1 aliphatic carbocycles. The fourth-order valence-electron chi connectivity index (χ4n) is 3.92. The molecule has 0 aromatic carbocycles. The van der Waals surface area contributed by atoms with Gasteiger partial charge in [-0.2, -0.15) is 9.61 Å². The lowest BCUT2D eigenvalue weighted by Crippen LogP contribution is -2.43. The summed E-state index contributed by atoms with van der Waals surface area (Å²) in [5.74, 6) is 2.21. The Bertz CT molecular complexity index is 785. The van der Waals surface area contributed by atoms with Gasteiger partial charge in [-0.05, 0) is 37.8 Å². The Labute approximate surface area is 145 Å². The molecule has 8 nitrogen and oxygen atoms in total. The van der Waals surface area contributed by atoms with Crippen LogP contribution in [0.3, 0.4) is 0 Å². The van der Waals surface area contributed by atoms with E-state index in [2.05, 4.69) is 27.1 Å². The van der Waals surface area contributed by atoms with Gasteiger partial charge in [-0.15, -0.1) is 10.2 Å². The van der Waals surface area contributed by atoms with Crippen LogP contribution in [0.5, 0.6) is 0 Å². The maximum absolute atomic E-state index is 12.5. The molecule has 0 atom stereocenters. The van der Waals surface area contributed by atoms with Gasteiger partial charge in [0.1, 0.15) is 0 Å². The molecule has 0 unspecified atom stereocenters. The van der Waals surface area contributed by atoms with Gasteiger partial charge < -0.3 is 4.90 Å². The van der Waals surface area contributed by atoms with Crippen molar-refractivity contribution in [1.82, 2.24) is 35.6 Å². The van der Waals surface area contributed by atoms with Crippen molar-refractivity contribution in [2.24, 2.45) is 5.92 Å². The summed E-state index contributed by atoms with van der Waals surface area (Å²) in [5.41, 5.74) is 8.05. The van der Waals surface area contributed by atoms with Gasteiger partial charge in [0, 0.05) is 38.0 Å². The van der Waals surface area contributed by atoms with Crippen LogP contribution in [0.15, 0.2) is 12.1 Å². The molecule has 3 fully saturated rings. The van der Waals surface area contributed by atoms with Gasteiger partial charge in [0.25, 0.3) is 0 Å². The average molecular weight is 341 g/mol. The summed E-state index contributed by atoms with van der Waals surface area (Å²) in [6.07, 6.45) is 4.33. The molecule has 4 heterocycles. The number of carbonyl (C=O) groups is 1. The Kier molecular flexibility index (Phi) is 3.67. The Morgan fingerprint density at radius 3 is 2.48 bits per heavy atom. The van der Waals surface area contributed by atoms with E-state index in [1.807, 2.05) is 15.5 Å². The van der Waals surface area contributed by atoms with Crippen LogP contribution in [0.25, 0.3) is 5.65 Å². The molecule has 2 aliphatic heterocycles. The molecular weight excluding hydrogens is 318 g/mol. The zero-order valence-corrected chi connectivity index (χ0v) is 14.2. The van der Waals surface area contributed by atoms with Crippen molar-refractivity contribution in [3.8, 4) is 0 Å². The van der Waals surface area contributed by atoms with Crippen LogP contribution >= 0.6 is 0 Å². The Morgan fingerprint density at radius 2 is 1.76 bits per heavy atom. The molecule has 8 heteroatoms. The maximum atomic E-state index is 12.5. The minimum atomic E-state index is 0.0632. The van der Waals surface area contributed by atoms with E-state index < -0.39 is 0 Å². The second-order valence-electron chi connectivity index (χ2n) is 7.42. The normalized spacial score (nSPS) is 22.8. The molecule has 0 spiro atoms. The Balaban J connectivity index is 1.31. The fourth-order valence-corrected chi connectivity index (χ4v) is 3.92. The predicted octanol–water partition coefficient (Wildman–Crippen LogP) is 0.432. The Hall–Kier alpha value is -2.06. The van der Waals surface area contributed by atoms with Crippen LogP contribution in [0.2, 0.25) is 0 Å². The van der Waals surface area contributed by atoms with Gasteiger partial charge in [0.05, 0.1) is 11.6 Å². The number of likely N-dealkylation sites (tertiary alicyclic amines) is 1. The number of amides is 1. The van der Waals surface area contributed by atoms with Crippen LogP contribution in [-0.4, -0.2) is 56.8 Å². The largest absolute Gasteiger partial charge is 0.342 e. The third-order valence-electron chi connectivity index (χ3n) is 5.65. The smallest absolute Gasteiger partial charge is 0.228 e. The summed E-state index contributed by atoms with van der Waals surface area (Å²) < 4.78 is 1.93. The number of rotatable bonds is 3. The first-order chi connectivity index (χ1) is 12.3. The first-order valence-electron chi connectivity index (χ1n) is 9.26. The van der Waals surface area contributed by atoms with Crippen LogP contribution in [0.1, 0.15) is 49.0 Å². The molecule has 25 heavy (non-hydrogen) atoms. The minimum Gasteiger partial charge on any atom is -0.342 e. The highest BCUT2D eigenvalue weighted by molar-refractivity contribution is 5.79. The molecule has 1 amide bonds. The molecule has 2 aromatic rings. The number of hydrogen-bond donors (Lipinski definition) is 2. The van der Waals surface area contributed by atoms with Crippen LogP contribution in [-0.2, 0) is 4.79 Å². The molecule has 2 aromatic heterocycles. The second-order valence-corrected chi connectivity index (χ2v) is 7.42. The maximum Gasteiger partial charge on any atom is 0.228 e. The number of fused-ring (bicyclic) bond motifs is 1. The third-order valence-corrected chi connectivity index (χ3v) is 5.65. The van der Waals surface area contributed by atoms with E-state index >= 15 is 0 Å². The van der Waals surface area contributed by atoms with Crippen LogP contribution < -0.4 is 10.9 Å². The zero-order chi connectivity index (χ0) is 16.8. The zero-order valence-electron chi connectivity index (χ0n) is 14.2.